The van der Waals surface area contributed by atoms with Gasteiger partial charge in [-0.1, -0.05) is 0 Å². The van der Waals surface area contributed by atoms with E-state index < -0.39 is 0 Å². The van der Waals surface area contributed by atoms with Crippen molar-refractivity contribution in [2.75, 3.05) is 27.2 Å². The summed E-state index contributed by atoms with van der Waals surface area (Å²) in [6, 6.07) is 2.63. The topological polar surface area (TPSA) is 48.8 Å². The lowest BCUT2D eigenvalue weighted by Crippen LogP contribution is -2.53. The van der Waals surface area contributed by atoms with E-state index in [9.17, 15) is 0 Å². The average Bonchev–Trinajstić information content (AvgIpc) is 2.12. The largest absolute Gasteiger partial charge is 0.301 e. The van der Waals surface area contributed by atoms with Crippen LogP contribution in [0.3, 0.4) is 0 Å². The van der Waals surface area contributed by atoms with Crippen molar-refractivity contribution >= 4 is 6.01 Å². The molecule has 2 N–H and O–H groups in total. The summed E-state index contributed by atoms with van der Waals surface area (Å²) < 4.78 is 0. The van der Waals surface area contributed by atoms with Gasteiger partial charge in [0.05, 0.1) is 18.2 Å². The SMILES string of the molecule is CCN=C=NCC(C)(NC)NC. The second-order valence-electron chi connectivity index (χ2n) is 2.72. The predicted octanol–water partition coefficient (Wildman–Crippen LogP) is 0.335. The molecule has 0 saturated heterocycles. The van der Waals surface area contributed by atoms with Gasteiger partial charge in [-0.25, -0.2) is 9.98 Å². The molecule has 0 amide bonds. The van der Waals surface area contributed by atoms with Gasteiger partial charge < -0.3 is 10.6 Å². The van der Waals surface area contributed by atoms with Crippen LogP contribution < -0.4 is 10.6 Å². The first kappa shape index (κ1) is 11.3. The van der Waals surface area contributed by atoms with E-state index in [2.05, 4.69) is 26.6 Å². The Morgan fingerprint density at radius 2 is 1.83 bits per heavy atom. The Balaban J connectivity index is 3.96. The summed E-state index contributed by atoms with van der Waals surface area (Å²) >= 11 is 0. The van der Waals surface area contributed by atoms with E-state index in [4.69, 9.17) is 0 Å². The fraction of sp³-hybridized carbons (Fsp3) is 0.875. The zero-order chi connectivity index (χ0) is 9.45. The third kappa shape index (κ3) is 4.23. The molecule has 0 aliphatic rings. The van der Waals surface area contributed by atoms with Crippen LogP contribution in [-0.4, -0.2) is 38.9 Å². The van der Waals surface area contributed by atoms with E-state index in [1.807, 2.05) is 27.9 Å². The highest BCUT2D eigenvalue weighted by Crippen LogP contribution is 1.95. The van der Waals surface area contributed by atoms with Crippen LogP contribution >= 0.6 is 0 Å². The molecule has 70 valence electrons. The molecule has 0 fully saturated rings. The van der Waals surface area contributed by atoms with E-state index in [0.717, 1.165) is 6.54 Å². The van der Waals surface area contributed by atoms with Gasteiger partial charge in [0.1, 0.15) is 0 Å². The third-order valence-electron chi connectivity index (χ3n) is 1.80. The van der Waals surface area contributed by atoms with Crippen molar-refractivity contribution in [2.24, 2.45) is 9.98 Å². The number of aliphatic imine (C=N–C) groups is 2. The van der Waals surface area contributed by atoms with Crippen molar-refractivity contribution in [3.05, 3.63) is 0 Å². The first-order valence-electron chi connectivity index (χ1n) is 4.14. The molecule has 0 aromatic rings. The Bertz CT molecular complexity index is 166. The first-order chi connectivity index (χ1) is 5.68. The van der Waals surface area contributed by atoms with Crippen LogP contribution in [0.5, 0.6) is 0 Å². The number of likely N-dealkylation sites (N-methyl/N-ethyl adjacent to an activating group) is 2. The van der Waals surface area contributed by atoms with Crippen molar-refractivity contribution in [2.45, 2.75) is 19.5 Å². The van der Waals surface area contributed by atoms with Crippen LogP contribution in [0.25, 0.3) is 0 Å². The van der Waals surface area contributed by atoms with E-state index >= 15 is 0 Å². The van der Waals surface area contributed by atoms with Crippen LogP contribution in [0, 0.1) is 0 Å². The highest BCUT2D eigenvalue weighted by atomic mass is 15.2. The maximum Gasteiger partial charge on any atom is 0.0893 e. The van der Waals surface area contributed by atoms with E-state index in [1.165, 1.54) is 0 Å². The summed E-state index contributed by atoms with van der Waals surface area (Å²) in [5.74, 6) is 0. The normalized spacial score (nSPS) is 10.7. The summed E-state index contributed by atoms with van der Waals surface area (Å²) in [5.41, 5.74) is -0.156. The van der Waals surface area contributed by atoms with Gasteiger partial charge >= 0.3 is 0 Å². The number of hydrogen-bond acceptors (Lipinski definition) is 4. The maximum atomic E-state index is 4.03. The van der Waals surface area contributed by atoms with Gasteiger partial charge in [-0.15, -0.1) is 0 Å². The molecule has 0 atom stereocenters. The Morgan fingerprint density at radius 1 is 1.25 bits per heavy atom. The standard InChI is InChI=1S/C8H18N4/c1-5-11-7-12-6-8(2,9-3)10-4/h9-10H,5-6H2,1-4H3. The molecule has 0 rings (SSSR count). The van der Waals surface area contributed by atoms with Gasteiger partial charge in [-0.2, -0.15) is 0 Å². The number of hydrogen-bond donors (Lipinski definition) is 2. The molecular formula is C8H18N4. The van der Waals surface area contributed by atoms with Crippen molar-refractivity contribution < 1.29 is 0 Å². The molecule has 4 nitrogen and oxygen atoms in total. The van der Waals surface area contributed by atoms with Gasteiger partial charge in [0.25, 0.3) is 0 Å². The summed E-state index contributed by atoms with van der Waals surface area (Å²) in [4.78, 5) is 7.90. The molecule has 0 bridgehead atoms. The molecule has 0 aliphatic carbocycles. The molecule has 4 heteroatoms. The molecule has 0 unspecified atom stereocenters. The molecule has 0 saturated carbocycles. The third-order valence-corrected chi connectivity index (χ3v) is 1.80. The summed E-state index contributed by atoms with van der Waals surface area (Å²) in [7, 11) is 3.78. The Hall–Kier alpha value is -0.700. The second kappa shape index (κ2) is 5.89. The zero-order valence-corrected chi connectivity index (χ0v) is 8.31. The lowest BCUT2D eigenvalue weighted by molar-refractivity contribution is 0.339. The van der Waals surface area contributed by atoms with Crippen LogP contribution in [0.1, 0.15) is 13.8 Å². The zero-order valence-electron chi connectivity index (χ0n) is 8.31. The fourth-order valence-electron chi connectivity index (χ4n) is 0.597. The Morgan fingerprint density at radius 3 is 2.25 bits per heavy atom. The smallest absolute Gasteiger partial charge is 0.0893 e. The summed E-state index contributed by atoms with van der Waals surface area (Å²) in [6.07, 6.45) is 0. The van der Waals surface area contributed by atoms with Gasteiger partial charge in [0.15, 0.2) is 0 Å². The van der Waals surface area contributed by atoms with Gasteiger partial charge in [-0.05, 0) is 27.9 Å². The van der Waals surface area contributed by atoms with Crippen molar-refractivity contribution in [1.82, 2.24) is 10.6 Å². The fourth-order valence-corrected chi connectivity index (χ4v) is 0.597. The van der Waals surface area contributed by atoms with E-state index in [0.29, 0.717) is 6.54 Å². The average molecular weight is 170 g/mol. The van der Waals surface area contributed by atoms with Crippen LogP contribution in [0.4, 0.5) is 0 Å². The van der Waals surface area contributed by atoms with E-state index in [1.54, 1.807) is 0 Å². The molecular weight excluding hydrogens is 152 g/mol. The molecule has 0 aliphatic heterocycles. The van der Waals surface area contributed by atoms with Gasteiger partial charge in [0, 0.05) is 6.54 Å². The lowest BCUT2D eigenvalue weighted by Gasteiger charge is -2.25. The molecule has 0 heterocycles. The predicted molar refractivity (Wildman–Crippen MR) is 51.8 cm³/mol. The van der Waals surface area contributed by atoms with Crippen molar-refractivity contribution in [3.63, 3.8) is 0 Å². The monoisotopic (exact) mass is 170 g/mol. The minimum Gasteiger partial charge on any atom is -0.301 e. The molecule has 12 heavy (non-hydrogen) atoms. The highest BCUT2D eigenvalue weighted by Gasteiger charge is 2.17. The first-order valence-corrected chi connectivity index (χ1v) is 4.14. The Kier molecular flexibility index (Phi) is 5.54. The van der Waals surface area contributed by atoms with Crippen molar-refractivity contribution in [3.8, 4) is 0 Å². The molecule has 0 spiro atoms. The lowest BCUT2D eigenvalue weighted by atomic mass is 10.2. The minimum absolute atomic E-state index is 0.156. The van der Waals surface area contributed by atoms with Crippen molar-refractivity contribution in [1.29, 1.82) is 0 Å². The van der Waals surface area contributed by atoms with Gasteiger partial charge in [-0.3, -0.25) is 0 Å². The molecule has 0 aromatic carbocycles. The quantitative estimate of drug-likeness (QED) is 0.461. The second-order valence-corrected chi connectivity index (χ2v) is 2.72. The van der Waals surface area contributed by atoms with Crippen LogP contribution in [0.15, 0.2) is 9.98 Å². The Labute approximate surface area is 74.2 Å². The minimum atomic E-state index is -0.156. The van der Waals surface area contributed by atoms with Crippen LogP contribution in [0.2, 0.25) is 0 Å². The highest BCUT2D eigenvalue weighted by molar-refractivity contribution is 5.41. The summed E-state index contributed by atoms with van der Waals surface area (Å²) in [5, 5.41) is 6.24. The van der Waals surface area contributed by atoms with Gasteiger partial charge in [0.2, 0.25) is 0 Å². The number of nitrogens with zero attached hydrogens (tertiary/aromatic N) is 2. The number of nitrogens with one attached hydrogen (secondary N) is 2. The number of rotatable bonds is 5. The summed E-state index contributed by atoms with van der Waals surface area (Å²) in [6.45, 7) is 5.35. The maximum absolute atomic E-state index is 4.03. The van der Waals surface area contributed by atoms with E-state index in [-0.39, 0.29) is 5.66 Å². The molecule has 0 radical (unpaired) electrons. The van der Waals surface area contributed by atoms with Crippen LogP contribution in [-0.2, 0) is 0 Å². The molecule has 0 aromatic heterocycles.